The Kier molecular flexibility index (Phi) is 5.73. The predicted octanol–water partition coefficient (Wildman–Crippen LogP) is 5.29. The highest BCUT2D eigenvalue weighted by Crippen LogP contribution is 2.35. The zero-order chi connectivity index (χ0) is 19.5. The third kappa shape index (κ3) is 4.25. The molecule has 144 valence electrons. The lowest BCUT2D eigenvalue weighted by Crippen LogP contribution is -2.32. The molecule has 4 rings (SSSR count). The van der Waals surface area contributed by atoms with Crippen molar-refractivity contribution in [1.29, 1.82) is 0 Å². The molecule has 0 fully saturated rings. The summed E-state index contributed by atoms with van der Waals surface area (Å²) in [5, 5.41) is 7.08. The Morgan fingerprint density at radius 2 is 2.14 bits per heavy atom. The number of carbonyl (C=O) groups excluding carboxylic acids is 1. The highest BCUT2D eigenvalue weighted by atomic mass is 79.9. The summed E-state index contributed by atoms with van der Waals surface area (Å²) >= 11 is 5.06. The summed E-state index contributed by atoms with van der Waals surface area (Å²) in [6.45, 7) is 2.48. The second kappa shape index (κ2) is 8.41. The standard InChI is InChI=1S/C21H19BrN2O3S/c1-13-10-15(27-24-13)12-28-20-5-3-2-4-16(20)21(25)23-18-8-9-26-19-7-6-14(22)11-17(18)19/h2-7,10-11,18H,8-9,12H2,1H3,(H,23,25). The third-order valence-corrected chi connectivity index (χ3v) is 6.08. The molecular weight excluding hydrogens is 440 g/mol. The van der Waals surface area contributed by atoms with Crippen molar-refractivity contribution in [2.24, 2.45) is 0 Å². The molecule has 1 atom stereocenters. The molecule has 1 aromatic heterocycles. The van der Waals surface area contributed by atoms with Gasteiger partial charge < -0.3 is 14.6 Å². The van der Waals surface area contributed by atoms with E-state index in [4.69, 9.17) is 9.26 Å². The quantitative estimate of drug-likeness (QED) is 0.526. The summed E-state index contributed by atoms with van der Waals surface area (Å²) < 4.78 is 12.0. The molecule has 1 aliphatic rings. The van der Waals surface area contributed by atoms with E-state index in [1.807, 2.05) is 55.5 Å². The number of amides is 1. The molecule has 0 saturated heterocycles. The molecule has 0 spiro atoms. The van der Waals surface area contributed by atoms with Gasteiger partial charge in [-0.1, -0.05) is 33.2 Å². The number of nitrogens with one attached hydrogen (secondary N) is 1. The molecule has 2 heterocycles. The summed E-state index contributed by atoms with van der Waals surface area (Å²) in [5.74, 6) is 2.15. The fourth-order valence-electron chi connectivity index (χ4n) is 3.16. The van der Waals surface area contributed by atoms with Crippen LogP contribution in [0.4, 0.5) is 0 Å². The van der Waals surface area contributed by atoms with E-state index < -0.39 is 0 Å². The normalized spacial score (nSPS) is 15.6. The van der Waals surface area contributed by atoms with Crippen molar-refractivity contribution in [2.45, 2.75) is 30.0 Å². The van der Waals surface area contributed by atoms with E-state index in [1.54, 1.807) is 11.8 Å². The first-order valence-electron chi connectivity index (χ1n) is 8.97. The van der Waals surface area contributed by atoms with Gasteiger partial charge in [-0.15, -0.1) is 11.8 Å². The van der Waals surface area contributed by atoms with Crippen LogP contribution < -0.4 is 10.1 Å². The summed E-state index contributed by atoms with van der Waals surface area (Å²) in [5.41, 5.74) is 2.51. The van der Waals surface area contributed by atoms with E-state index >= 15 is 0 Å². The zero-order valence-electron chi connectivity index (χ0n) is 15.3. The van der Waals surface area contributed by atoms with Gasteiger partial charge in [0.05, 0.1) is 29.7 Å². The van der Waals surface area contributed by atoms with Crippen LogP contribution in [0.1, 0.15) is 39.8 Å². The Balaban J connectivity index is 1.51. The summed E-state index contributed by atoms with van der Waals surface area (Å²) in [6.07, 6.45) is 0.738. The maximum Gasteiger partial charge on any atom is 0.252 e. The average molecular weight is 459 g/mol. The molecular formula is C21H19BrN2O3S. The Hall–Kier alpha value is -2.25. The number of halogens is 1. The van der Waals surface area contributed by atoms with E-state index in [-0.39, 0.29) is 11.9 Å². The van der Waals surface area contributed by atoms with Gasteiger partial charge >= 0.3 is 0 Å². The molecule has 5 nitrogen and oxygen atoms in total. The average Bonchev–Trinajstić information content (AvgIpc) is 3.12. The number of aromatic nitrogens is 1. The fraction of sp³-hybridized carbons (Fsp3) is 0.238. The van der Waals surface area contributed by atoms with Crippen LogP contribution in [0.3, 0.4) is 0 Å². The van der Waals surface area contributed by atoms with E-state index in [1.165, 1.54) is 0 Å². The van der Waals surface area contributed by atoms with Crippen LogP contribution in [0.5, 0.6) is 5.75 Å². The van der Waals surface area contributed by atoms with Gasteiger partial charge in [0, 0.05) is 27.4 Å². The second-order valence-corrected chi connectivity index (χ2v) is 8.50. The van der Waals surface area contributed by atoms with Crippen LogP contribution in [0, 0.1) is 6.92 Å². The molecule has 0 bridgehead atoms. The molecule has 1 unspecified atom stereocenters. The van der Waals surface area contributed by atoms with Crippen LogP contribution in [0.25, 0.3) is 0 Å². The minimum absolute atomic E-state index is 0.0799. The lowest BCUT2D eigenvalue weighted by molar-refractivity contribution is 0.0922. The molecule has 3 aromatic rings. The molecule has 1 aliphatic heterocycles. The van der Waals surface area contributed by atoms with Crippen LogP contribution in [-0.4, -0.2) is 17.7 Å². The van der Waals surface area contributed by atoms with Crippen molar-refractivity contribution in [2.75, 3.05) is 6.61 Å². The predicted molar refractivity (Wildman–Crippen MR) is 112 cm³/mol. The molecule has 2 aromatic carbocycles. The zero-order valence-corrected chi connectivity index (χ0v) is 17.7. The van der Waals surface area contributed by atoms with Crippen molar-refractivity contribution in [1.82, 2.24) is 10.5 Å². The first-order chi connectivity index (χ1) is 13.6. The second-order valence-electron chi connectivity index (χ2n) is 6.56. The number of ether oxygens (including phenoxy) is 1. The SMILES string of the molecule is Cc1cc(CSc2ccccc2C(=O)NC2CCOc3ccc(Br)cc32)on1. The molecule has 0 saturated carbocycles. The first kappa shape index (κ1) is 19.1. The number of nitrogens with zero attached hydrogens (tertiary/aromatic N) is 1. The Bertz CT molecular complexity index is 1000. The van der Waals surface area contributed by atoms with Crippen molar-refractivity contribution in [3.8, 4) is 5.75 Å². The number of rotatable bonds is 5. The van der Waals surface area contributed by atoms with Crippen LogP contribution in [0.15, 0.2) is 62.4 Å². The molecule has 28 heavy (non-hydrogen) atoms. The van der Waals surface area contributed by atoms with Crippen molar-refractivity contribution in [3.63, 3.8) is 0 Å². The summed E-state index contributed by atoms with van der Waals surface area (Å²) in [6, 6.07) is 15.3. The minimum Gasteiger partial charge on any atom is -0.493 e. The highest BCUT2D eigenvalue weighted by molar-refractivity contribution is 9.10. The van der Waals surface area contributed by atoms with Gasteiger partial charge in [-0.25, -0.2) is 0 Å². The largest absolute Gasteiger partial charge is 0.493 e. The van der Waals surface area contributed by atoms with Crippen molar-refractivity contribution < 1.29 is 14.1 Å². The molecule has 1 N–H and O–H groups in total. The van der Waals surface area contributed by atoms with Gasteiger partial charge in [0.15, 0.2) is 0 Å². The maximum absolute atomic E-state index is 13.0. The molecule has 1 amide bonds. The monoisotopic (exact) mass is 458 g/mol. The third-order valence-electron chi connectivity index (χ3n) is 4.50. The fourth-order valence-corrected chi connectivity index (χ4v) is 4.47. The Morgan fingerprint density at radius 1 is 1.29 bits per heavy atom. The van der Waals surface area contributed by atoms with E-state index in [0.29, 0.717) is 17.9 Å². The van der Waals surface area contributed by atoms with Crippen LogP contribution in [-0.2, 0) is 5.75 Å². The maximum atomic E-state index is 13.0. The minimum atomic E-state index is -0.0883. The van der Waals surface area contributed by atoms with E-state index in [0.717, 1.165) is 38.6 Å². The smallest absolute Gasteiger partial charge is 0.252 e. The summed E-state index contributed by atoms with van der Waals surface area (Å²) in [7, 11) is 0. The van der Waals surface area contributed by atoms with Gasteiger partial charge in [-0.05, 0) is 37.3 Å². The number of carbonyl (C=O) groups is 1. The van der Waals surface area contributed by atoms with Crippen LogP contribution in [0.2, 0.25) is 0 Å². The molecule has 0 radical (unpaired) electrons. The van der Waals surface area contributed by atoms with Gasteiger partial charge in [0.25, 0.3) is 5.91 Å². The van der Waals surface area contributed by atoms with Gasteiger partial charge in [0.2, 0.25) is 0 Å². The Labute approximate surface area is 176 Å². The van der Waals surface area contributed by atoms with Gasteiger partial charge in [0.1, 0.15) is 11.5 Å². The molecule has 0 aliphatic carbocycles. The number of benzene rings is 2. The number of thioether (sulfide) groups is 1. The highest BCUT2D eigenvalue weighted by Gasteiger charge is 2.24. The lowest BCUT2D eigenvalue weighted by atomic mass is 10.00. The topological polar surface area (TPSA) is 64.4 Å². The van der Waals surface area contributed by atoms with Gasteiger partial charge in [-0.3, -0.25) is 4.79 Å². The molecule has 7 heteroatoms. The summed E-state index contributed by atoms with van der Waals surface area (Å²) in [4.78, 5) is 13.9. The van der Waals surface area contributed by atoms with E-state index in [2.05, 4.69) is 26.4 Å². The van der Waals surface area contributed by atoms with Crippen LogP contribution >= 0.6 is 27.7 Å². The number of hydrogen-bond acceptors (Lipinski definition) is 5. The van der Waals surface area contributed by atoms with Crippen molar-refractivity contribution in [3.05, 3.63) is 75.6 Å². The van der Waals surface area contributed by atoms with Crippen molar-refractivity contribution >= 4 is 33.6 Å². The number of fused-ring (bicyclic) bond motifs is 1. The first-order valence-corrected chi connectivity index (χ1v) is 10.7. The van der Waals surface area contributed by atoms with Gasteiger partial charge in [-0.2, -0.15) is 0 Å². The van der Waals surface area contributed by atoms with E-state index in [9.17, 15) is 4.79 Å². The lowest BCUT2D eigenvalue weighted by Gasteiger charge is -2.27. The number of hydrogen-bond donors (Lipinski definition) is 1. The number of aryl methyl sites for hydroxylation is 1. The Morgan fingerprint density at radius 3 is 2.96 bits per heavy atom.